The maximum absolute atomic E-state index is 12.2. The molecule has 2 aromatic rings. The van der Waals surface area contributed by atoms with E-state index in [2.05, 4.69) is 5.92 Å². The number of nitrogens with two attached hydrogens (primary N) is 1. The van der Waals surface area contributed by atoms with E-state index in [9.17, 15) is 4.79 Å². The number of hydrogen-bond acceptors (Lipinski definition) is 2. The second-order valence-electron chi connectivity index (χ2n) is 4.77. The molecular formula is C18H18N2O. The highest BCUT2D eigenvalue weighted by Crippen LogP contribution is 2.23. The lowest BCUT2D eigenvalue weighted by atomic mass is 10.1. The summed E-state index contributed by atoms with van der Waals surface area (Å²) in [6.07, 6.45) is 5.53. The van der Waals surface area contributed by atoms with Crippen LogP contribution in [0, 0.1) is 19.3 Å². The van der Waals surface area contributed by atoms with Crippen molar-refractivity contribution >= 4 is 11.6 Å². The number of rotatable bonds is 4. The first-order valence-electron chi connectivity index (χ1n) is 6.78. The molecule has 0 aliphatic rings. The maximum atomic E-state index is 12.2. The molecule has 0 aliphatic heterocycles. The summed E-state index contributed by atoms with van der Waals surface area (Å²) in [6, 6.07) is 15.4. The largest absolute Gasteiger partial charge is 0.322 e. The molecule has 1 amide bonds. The Balaban J connectivity index is 2.43. The van der Waals surface area contributed by atoms with Crippen molar-refractivity contribution in [1.29, 1.82) is 0 Å². The quantitative estimate of drug-likeness (QED) is 0.873. The van der Waals surface area contributed by atoms with E-state index in [0.29, 0.717) is 12.1 Å². The van der Waals surface area contributed by atoms with Gasteiger partial charge >= 0.3 is 0 Å². The van der Waals surface area contributed by atoms with Gasteiger partial charge in [0.25, 0.3) is 0 Å². The summed E-state index contributed by atoms with van der Waals surface area (Å²) >= 11 is 0. The van der Waals surface area contributed by atoms with Gasteiger partial charge in [-0.25, -0.2) is 0 Å². The van der Waals surface area contributed by atoms with Gasteiger partial charge in [-0.2, -0.15) is 0 Å². The van der Waals surface area contributed by atoms with Gasteiger partial charge in [0.2, 0.25) is 5.91 Å². The Kier molecular flexibility index (Phi) is 4.76. The van der Waals surface area contributed by atoms with Gasteiger partial charge in [0.05, 0.1) is 18.8 Å². The summed E-state index contributed by atoms with van der Waals surface area (Å²) in [5.74, 6) is 2.47. The van der Waals surface area contributed by atoms with Crippen molar-refractivity contribution in [3.05, 3.63) is 65.2 Å². The molecule has 0 radical (unpaired) electrons. The van der Waals surface area contributed by atoms with Gasteiger partial charge in [-0.15, -0.1) is 6.42 Å². The average Bonchev–Trinajstić information content (AvgIpc) is 2.53. The molecule has 0 saturated heterocycles. The predicted octanol–water partition coefficient (Wildman–Crippen LogP) is 2.47. The van der Waals surface area contributed by atoms with Gasteiger partial charge in [-0.1, -0.05) is 42.3 Å². The van der Waals surface area contributed by atoms with Crippen LogP contribution in [0.3, 0.4) is 0 Å². The fourth-order valence-corrected chi connectivity index (χ4v) is 2.21. The van der Waals surface area contributed by atoms with Crippen molar-refractivity contribution in [3.8, 4) is 12.3 Å². The highest BCUT2D eigenvalue weighted by Gasteiger charge is 2.17. The molecular weight excluding hydrogens is 260 g/mol. The Morgan fingerprint density at radius 1 is 1.19 bits per heavy atom. The summed E-state index contributed by atoms with van der Waals surface area (Å²) in [5, 5.41) is 0. The number of carbonyl (C=O) groups is 1. The van der Waals surface area contributed by atoms with Crippen LogP contribution < -0.4 is 10.6 Å². The molecule has 2 aromatic carbocycles. The molecule has 0 aromatic heterocycles. The SMILES string of the molecule is C#Cc1ccccc1N(Cc1ccccc1C)C(=O)CN. The maximum Gasteiger partial charge on any atom is 0.241 e. The Labute approximate surface area is 125 Å². The number of hydrogen-bond donors (Lipinski definition) is 1. The highest BCUT2D eigenvalue weighted by atomic mass is 16.2. The highest BCUT2D eigenvalue weighted by molar-refractivity contribution is 5.95. The van der Waals surface area contributed by atoms with Crippen LogP contribution in [0.4, 0.5) is 5.69 Å². The number of para-hydroxylation sites is 1. The van der Waals surface area contributed by atoms with Crippen LogP contribution >= 0.6 is 0 Å². The van der Waals surface area contributed by atoms with E-state index in [0.717, 1.165) is 16.8 Å². The van der Waals surface area contributed by atoms with Crippen molar-refractivity contribution in [1.82, 2.24) is 0 Å². The predicted molar refractivity (Wildman–Crippen MR) is 85.8 cm³/mol. The van der Waals surface area contributed by atoms with Crippen LogP contribution in [0.25, 0.3) is 0 Å². The molecule has 0 spiro atoms. The van der Waals surface area contributed by atoms with Crippen LogP contribution in [0.2, 0.25) is 0 Å². The summed E-state index contributed by atoms with van der Waals surface area (Å²) in [4.78, 5) is 13.9. The molecule has 106 valence electrons. The molecule has 0 aliphatic carbocycles. The third-order valence-corrected chi connectivity index (χ3v) is 3.42. The molecule has 0 saturated carbocycles. The second kappa shape index (κ2) is 6.74. The molecule has 3 nitrogen and oxygen atoms in total. The number of carbonyl (C=O) groups excluding carboxylic acids is 1. The van der Waals surface area contributed by atoms with E-state index in [1.54, 1.807) is 4.90 Å². The third kappa shape index (κ3) is 3.31. The molecule has 0 fully saturated rings. The van der Waals surface area contributed by atoms with Crippen LogP contribution in [0.1, 0.15) is 16.7 Å². The van der Waals surface area contributed by atoms with Gasteiger partial charge in [0.15, 0.2) is 0 Å². The van der Waals surface area contributed by atoms with E-state index in [1.165, 1.54) is 0 Å². The lowest BCUT2D eigenvalue weighted by Gasteiger charge is -2.24. The summed E-state index contributed by atoms with van der Waals surface area (Å²) in [5.41, 5.74) is 9.16. The van der Waals surface area contributed by atoms with Gasteiger partial charge in [0.1, 0.15) is 0 Å². The van der Waals surface area contributed by atoms with E-state index < -0.39 is 0 Å². The van der Waals surface area contributed by atoms with Crippen molar-refractivity contribution < 1.29 is 4.79 Å². The third-order valence-electron chi connectivity index (χ3n) is 3.42. The smallest absolute Gasteiger partial charge is 0.241 e. The van der Waals surface area contributed by atoms with E-state index in [-0.39, 0.29) is 12.5 Å². The second-order valence-corrected chi connectivity index (χ2v) is 4.77. The number of amides is 1. The van der Waals surface area contributed by atoms with E-state index in [1.807, 2.05) is 55.5 Å². The van der Waals surface area contributed by atoms with Crippen LogP contribution in [-0.2, 0) is 11.3 Å². The van der Waals surface area contributed by atoms with Crippen LogP contribution in [-0.4, -0.2) is 12.5 Å². The molecule has 3 heteroatoms. The summed E-state index contributed by atoms with van der Waals surface area (Å²) in [6.45, 7) is 2.43. The monoisotopic (exact) mass is 278 g/mol. The Morgan fingerprint density at radius 3 is 2.52 bits per heavy atom. The van der Waals surface area contributed by atoms with Gasteiger partial charge in [-0.05, 0) is 30.2 Å². The van der Waals surface area contributed by atoms with Crippen molar-refractivity contribution in [2.45, 2.75) is 13.5 Å². The standard InChI is InChI=1S/C18H18N2O/c1-3-15-9-6-7-11-17(15)20(18(21)12-19)13-16-10-5-4-8-14(16)2/h1,4-11H,12-13,19H2,2H3. The Bertz CT molecular complexity index is 686. The van der Waals surface area contributed by atoms with Crippen molar-refractivity contribution in [3.63, 3.8) is 0 Å². The minimum Gasteiger partial charge on any atom is -0.322 e. The van der Waals surface area contributed by atoms with Crippen LogP contribution in [0.15, 0.2) is 48.5 Å². The number of nitrogens with zero attached hydrogens (tertiary/aromatic N) is 1. The molecule has 0 atom stereocenters. The first-order chi connectivity index (χ1) is 10.2. The topological polar surface area (TPSA) is 46.3 Å². The zero-order valence-corrected chi connectivity index (χ0v) is 12.0. The zero-order valence-electron chi connectivity index (χ0n) is 12.0. The first kappa shape index (κ1) is 14.8. The van der Waals surface area contributed by atoms with Crippen LogP contribution in [0.5, 0.6) is 0 Å². The summed E-state index contributed by atoms with van der Waals surface area (Å²) < 4.78 is 0. The molecule has 0 heterocycles. The number of terminal acetylenes is 1. The number of aryl methyl sites for hydroxylation is 1. The molecule has 0 unspecified atom stereocenters. The zero-order chi connectivity index (χ0) is 15.2. The van der Waals surface area contributed by atoms with Gasteiger partial charge in [-0.3, -0.25) is 4.79 Å². The molecule has 2 rings (SSSR count). The van der Waals surface area contributed by atoms with Crippen molar-refractivity contribution in [2.75, 3.05) is 11.4 Å². The average molecular weight is 278 g/mol. The number of anilines is 1. The summed E-state index contributed by atoms with van der Waals surface area (Å²) in [7, 11) is 0. The van der Waals surface area contributed by atoms with Gasteiger partial charge in [0, 0.05) is 5.56 Å². The normalized spacial score (nSPS) is 9.95. The number of benzene rings is 2. The Hall–Kier alpha value is -2.57. The Morgan fingerprint density at radius 2 is 1.86 bits per heavy atom. The first-order valence-corrected chi connectivity index (χ1v) is 6.78. The van der Waals surface area contributed by atoms with E-state index in [4.69, 9.17) is 12.2 Å². The minimum atomic E-state index is -0.152. The lowest BCUT2D eigenvalue weighted by molar-refractivity contribution is -0.117. The molecule has 21 heavy (non-hydrogen) atoms. The van der Waals surface area contributed by atoms with Gasteiger partial charge < -0.3 is 10.6 Å². The van der Waals surface area contributed by atoms with Crippen molar-refractivity contribution in [2.24, 2.45) is 5.73 Å². The molecule has 2 N–H and O–H groups in total. The fourth-order valence-electron chi connectivity index (χ4n) is 2.21. The fraction of sp³-hybridized carbons (Fsp3) is 0.167. The molecule has 0 bridgehead atoms. The minimum absolute atomic E-state index is 0.0508. The lowest BCUT2D eigenvalue weighted by Crippen LogP contribution is -2.36. The van der Waals surface area contributed by atoms with E-state index >= 15 is 0 Å².